The highest BCUT2D eigenvalue weighted by Crippen LogP contribution is 2.34. The van der Waals surface area contributed by atoms with E-state index in [0.717, 1.165) is 16.5 Å². The van der Waals surface area contributed by atoms with Crippen LogP contribution >= 0.6 is 23.2 Å². The Labute approximate surface area is 226 Å². The van der Waals surface area contributed by atoms with Crippen LogP contribution < -0.4 is 5.32 Å². The van der Waals surface area contributed by atoms with Gasteiger partial charge in [0.05, 0.1) is 34.5 Å². The molecule has 1 aliphatic heterocycles. The molecule has 2 amide bonds. The number of morpholine rings is 1. The van der Waals surface area contributed by atoms with Crippen LogP contribution in [0.5, 0.6) is 0 Å². The summed E-state index contributed by atoms with van der Waals surface area (Å²) in [6, 6.07) is 19.8. The number of carbonyl (C=O) groups is 2. The van der Waals surface area contributed by atoms with E-state index in [0.29, 0.717) is 48.1 Å². The highest BCUT2D eigenvalue weighted by Gasteiger charge is 2.21. The molecule has 6 nitrogen and oxygen atoms in total. The lowest BCUT2D eigenvalue weighted by Gasteiger charge is -2.27. The zero-order chi connectivity index (χ0) is 26.4. The number of nitrogens with one attached hydrogen (secondary N) is 1. The molecular weight excluding hydrogens is 509 g/mol. The minimum absolute atomic E-state index is 0.132. The maximum atomic E-state index is 13.0. The van der Waals surface area contributed by atoms with Crippen LogP contribution in [0.3, 0.4) is 0 Å². The topological polar surface area (TPSA) is 71.5 Å². The summed E-state index contributed by atoms with van der Waals surface area (Å²) in [4.78, 5) is 32.0. The van der Waals surface area contributed by atoms with Crippen LogP contribution in [-0.4, -0.2) is 48.0 Å². The lowest BCUT2D eigenvalue weighted by Crippen LogP contribution is -2.40. The van der Waals surface area contributed by atoms with Gasteiger partial charge in [0, 0.05) is 41.5 Å². The number of hydrogen-bond acceptors (Lipinski definition) is 4. The molecule has 4 aromatic rings. The lowest BCUT2D eigenvalue weighted by molar-refractivity contribution is 0.0303. The van der Waals surface area contributed by atoms with Gasteiger partial charge in [0.2, 0.25) is 0 Å². The number of aromatic nitrogens is 1. The standard InChI is InChI=1S/C27H21Cl2N3O3.C2H6/c28-23-8-6-19(16-22(23)25-20-4-2-1-3-17(20)9-10-30-25)31-26(33)21-7-5-18(15-24(21)29)27(34)32-11-13-35-14-12-32;1-2/h1-10,15-16H,11-14H2,(H,31,33);1-2H3. The van der Waals surface area contributed by atoms with Crippen molar-refractivity contribution in [2.45, 2.75) is 13.8 Å². The molecule has 5 rings (SSSR count). The van der Waals surface area contributed by atoms with Gasteiger partial charge >= 0.3 is 0 Å². The minimum Gasteiger partial charge on any atom is -0.378 e. The molecule has 3 aromatic carbocycles. The Bertz CT molecular complexity index is 1430. The SMILES string of the molecule is CC.O=C(Nc1ccc(Cl)c(-c2nccc3ccccc23)c1)c1ccc(C(=O)N2CCOCC2)cc1Cl. The Hall–Kier alpha value is -3.45. The highest BCUT2D eigenvalue weighted by atomic mass is 35.5. The van der Waals surface area contributed by atoms with Crippen LogP contribution in [0.15, 0.2) is 72.9 Å². The van der Waals surface area contributed by atoms with E-state index in [1.54, 1.807) is 41.4 Å². The van der Waals surface area contributed by atoms with Crippen molar-refractivity contribution in [3.05, 3.63) is 94.1 Å². The van der Waals surface area contributed by atoms with Gasteiger partial charge in [0.1, 0.15) is 0 Å². The normalized spacial score (nSPS) is 13.0. The van der Waals surface area contributed by atoms with Gasteiger partial charge in [-0.3, -0.25) is 14.6 Å². The number of rotatable bonds is 4. The zero-order valence-corrected chi connectivity index (χ0v) is 22.1. The minimum atomic E-state index is -0.389. The Morgan fingerprint density at radius 3 is 2.43 bits per heavy atom. The summed E-state index contributed by atoms with van der Waals surface area (Å²) in [6.45, 7) is 6.08. The number of benzene rings is 3. The molecule has 0 unspecified atom stereocenters. The number of ether oxygens (including phenoxy) is 1. The number of amides is 2. The van der Waals surface area contributed by atoms with Gasteiger partial charge in [-0.15, -0.1) is 0 Å². The van der Waals surface area contributed by atoms with E-state index in [4.69, 9.17) is 27.9 Å². The fraction of sp³-hybridized carbons (Fsp3) is 0.207. The largest absolute Gasteiger partial charge is 0.378 e. The number of fused-ring (bicyclic) bond motifs is 1. The fourth-order valence-corrected chi connectivity index (χ4v) is 4.57. The molecule has 1 aliphatic rings. The molecule has 8 heteroatoms. The van der Waals surface area contributed by atoms with Crippen molar-refractivity contribution in [2.75, 3.05) is 31.6 Å². The first-order valence-corrected chi connectivity index (χ1v) is 12.9. The first kappa shape index (κ1) is 26.6. The summed E-state index contributed by atoms with van der Waals surface area (Å²) in [5, 5.41) is 5.60. The van der Waals surface area contributed by atoms with Gasteiger partial charge in [0.15, 0.2) is 0 Å². The number of halogens is 2. The molecule has 190 valence electrons. The van der Waals surface area contributed by atoms with E-state index in [2.05, 4.69) is 10.3 Å². The van der Waals surface area contributed by atoms with E-state index in [9.17, 15) is 9.59 Å². The summed E-state index contributed by atoms with van der Waals surface area (Å²) >= 11 is 12.9. The molecule has 0 atom stereocenters. The Kier molecular flexibility index (Phi) is 8.77. The second kappa shape index (κ2) is 12.2. The number of carbonyl (C=O) groups excluding carboxylic acids is 2. The van der Waals surface area contributed by atoms with E-state index < -0.39 is 0 Å². The van der Waals surface area contributed by atoms with Crippen molar-refractivity contribution in [1.29, 1.82) is 0 Å². The summed E-state index contributed by atoms with van der Waals surface area (Å²) in [7, 11) is 0. The van der Waals surface area contributed by atoms with Gasteiger partial charge in [0.25, 0.3) is 11.8 Å². The van der Waals surface area contributed by atoms with Crippen molar-refractivity contribution < 1.29 is 14.3 Å². The van der Waals surface area contributed by atoms with Crippen molar-refractivity contribution in [2.24, 2.45) is 0 Å². The molecular formula is C29H27Cl2N3O3. The summed E-state index contributed by atoms with van der Waals surface area (Å²) in [5.74, 6) is -0.522. The second-order valence-corrected chi connectivity index (χ2v) is 8.94. The van der Waals surface area contributed by atoms with Gasteiger partial charge in [-0.1, -0.05) is 61.3 Å². The van der Waals surface area contributed by atoms with Crippen molar-refractivity contribution in [3.63, 3.8) is 0 Å². The monoisotopic (exact) mass is 535 g/mol. The predicted molar refractivity (Wildman–Crippen MR) is 150 cm³/mol. The van der Waals surface area contributed by atoms with Crippen LogP contribution in [0.1, 0.15) is 34.6 Å². The molecule has 0 aliphatic carbocycles. The molecule has 1 aromatic heterocycles. The smallest absolute Gasteiger partial charge is 0.257 e. The number of pyridine rings is 1. The van der Waals surface area contributed by atoms with Crippen LogP contribution in [0.25, 0.3) is 22.0 Å². The van der Waals surface area contributed by atoms with E-state index >= 15 is 0 Å². The Morgan fingerprint density at radius 2 is 1.68 bits per heavy atom. The van der Waals surface area contributed by atoms with Gasteiger partial charge in [-0.05, 0) is 47.9 Å². The fourth-order valence-electron chi connectivity index (χ4n) is 4.10. The molecule has 1 N–H and O–H groups in total. The van der Waals surface area contributed by atoms with E-state index in [1.165, 1.54) is 6.07 Å². The van der Waals surface area contributed by atoms with Gasteiger partial charge < -0.3 is 15.0 Å². The maximum Gasteiger partial charge on any atom is 0.257 e. The average Bonchev–Trinajstić information content (AvgIpc) is 2.95. The molecule has 37 heavy (non-hydrogen) atoms. The summed E-state index contributed by atoms with van der Waals surface area (Å²) < 4.78 is 5.30. The van der Waals surface area contributed by atoms with Gasteiger partial charge in [-0.2, -0.15) is 0 Å². The molecule has 0 radical (unpaired) electrons. The predicted octanol–water partition coefficient (Wildman–Crippen LogP) is 6.96. The van der Waals surface area contributed by atoms with Crippen LogP contribution in [0.4, 0.5) is 5.69 Å². The third-order valence-electron chi connectivity index (χ3n) is 5.91. The first-order chi connectivity index (χ1) is 18.0. The quantitative estimate of drug-likeness (QED) is 0.306. The molecule has 2 heterocycles. The van der Waals surface area contributed by atoms with Crippen LogP contribution in [-0.2, 0) is 4.74 Å². The molecule has 0 spiro atoms. The highest BCUT2D eigenvalue weighted by molar-refractivity contribution is 6.35. The molecule has 0 bridgehead atoms. The third kappa shape index (κ3) is 5.93. The lowest BCUT2D eigenvalue weighted by atomic mass is 10.0. The van der Waals surface area contributed by atoms with E-state index in [-0.39, 0.29) is 22.4 Å². The molecule has 0 saturated carbocycles. The van der Waals surface area contributed by atoms with Gasteiger partial charge in [-0.25, -0.2) is 0 Å². The van der Waals surface area contributed by atoms with Crippen molar-refractivity contribution >= 4 is 51.5 Å². The number of nitrogens with zero attached hydrogens (tertiary/aromatic N) is 2. The second-order valence-electron chi connectivity index (χ2n) is 8.13. The Morgan fingerprint density at radius 1 is 0.919 bits per heavy atom. The zero-order valence-electron chi connectivity index (χ0n) is 20.6. The van der Waals surface area contributed by atoms with Crippen molar-refractivity contribution in [3.8, 4) is 11.3 Å². The Balaban J connectivity index is 0.00000156. The summed E-state index contributed by atoms with van der Waals surface area (Å²) in [6.07, 6.45) is 1.73. The molecule has 1 fully saturated rings. The van der Waals surface area contributed by atoms with Crippen LogP contribution in [0, 0.1) is 0 Å². The average molecular weight is 536 g/mol. The van der Waals surface area contributed by atoms with Crippen LogP contribution in [0.2, 0.25) is 10.0 Å². The third-order valence-corrected chi connectivity index (χ3v) is 6.55. The van der Waals surface area contributed by atoms with E-state index in [1.807, 2.05) is 44.2 Å². The maximum absolute atomic E-state index is 13.0. The molecule has 1 saturated heterocycles. The number of hydrogen-bond donors (Lipinski definition) is 1. The summed E-state index contributed by atoms with van der Waals surface area (Å²) in [5.41, 5.74) is 2.69. The number of anilines is 1. The first-order valence-electron chi connectivity index (χ1n) is 12.1. The van der Waals surface area contributed by atoms with Crippen molar-refractivity contribution in [1.82, 2.24) is 9.88 Å².